The van der Waals surface area contributed by atoms with Gasteiger partial charge in [0.2, 0.25) is 0 Å². The van der Waals surface area contributed by atoms with Gasteiger partial charge in [0, 0.05) is 53.0 Å². The lowest BCUT2D eigenvalue weighted by Crippen LogP contribution is -2.41. The molecule has 2 heterocycles. The number of fused-ring (bicyclic) bond motifs is 1. The third kappa shape index (κ3) is 6.22. The van der Waals surface area contributed by atoms with Gasteiger partial charge >= 0.3 is 0 Å². The summed E-state index contributed by atoms with van der Waals surface area (Å²) < 4.78 is 5.47. The highest BCUT2D eigenvalue weighted by Gasteiger charge is 2.17. The molecule has 2 aliphatic heterocycles. The zero-order valence-corrected chi connectivity index (χ0v) is 17.1. The van der Waals surface area contributed by atoms with E-state index in [9.17, 15) is 0 Å². The van der Waals surface area contributed by atoms with Crippen molar-refractivity contribution in [3.8, 4) is 0 Å². The first-order valence-electron chi connectivity index (χ1n) is 10.6. The number of ether oxygens (including phenoxy) is 1. The van der Waals surface area contributed by atoms with Crippen LogP contribution in [-0.4, -0.2) is 68.7 Å². The topological polar surface area (TPSA) is 40.1 Å². The maximum atomic E-state index is 5.47. The molecule has 1 aromatic carbocycles. The van der Waals surface area contributed by atoms with Gasteiger partial charge in [-0.2, -0.15) is 0 Å². The predicted molar refractivity (Wildman–Crippen MR) is 112 cm³/mol. The highest BCUT2D eigenvalue weighted by atomic mass is 16.5. The Balaban J connectivity index is 1.45. The molecule has 1 fully saturated rings. The van der Waals surface area contributed by atoms with Gasteiger partial charge in [-0.25, -0.2) is 0 Å². The van der Waals surface area contributed by atoms with Crippen molar-refractivity contribution in [3.63, 3.8) is 0 Å². The number of hydrogen-bond donors (Lipinski definition) is 1. The van der Waals surface area contributed by atoms with E-state index < -0.39 is 0 Å². The fourth-order valence-corrected chi connectivity index (χ4v) is 4.03. The van der Waals surface area contributed by atoms with E-state index in [1.54, 1.807) is 0 Å². The fraction of sp³-hybridized carbons (Fsp3) is 0.682. The Labute approximate surface area is 164 Å². The number of benzene rings is 1. The molecule has 0 amide bonds. The molecular formula is C22H36N4O. The number of aliphatic imine (C=N–C) groups is 1. The SMILES string of the molecule is CCNC(=NCCN1CCc2ccccc2C1)N(C)CCC1CCOCC1. The van der Waals surface area contributed by atoms with E-state index in [1.807, 2.05) is 0 Å². The van der Waals surface area contributed by atoms with Crippen LogP contribution in [0.2, 0.25) is 0 Å². The predicted octanol–water partition coefficient (Wildman–Crippen LogP) is 2.76. The number of nitrogens with one attached hydrogen (secondary N) is 1. The van der Waals surface area contributed by atoms with E-state index in [0.717, 1.165) is 70.8 Å². The van der Waals surface area contributed by atoms with Gasteiger partial charge in [0.25, 0.3) is 0 Å². The lowest BCUT2D eigenvalue weighted by atomic mass is 9.96. The Bertz CT molecular complexity index is 598. The normalized spacial score (nSPS) is 19.0. The molecule has 0 spiro atoms. The van der Waals surface area contributed by atoms with Crippen molar-refractivity contribution >= 4 is 5.96 Å². The van der Waals surface area contributed by atoms with Crippen molar-refractivity contribution in [1.82, 2.24) is 15.1 Å². The summed E-state index contributed by atoms with van der Waals surface area (Å²) in [5.41, 5.74) is 2.99. The molecule has 0 unspecified atom stereocenters. The second kappa shape index (κ2) is 10.7. The summed E-state index contributed by atoms with van der Waals surface area (Å²) in [4.78, 5) is 9.71. The summed E-state index contributed by atoms with van der Waals surface area (Å²) in [6.45, 7) is 10.1. The quantitative estimate of drug-likeness (QED) is 0.590. The molecule has 150 valence electrons. The second-order valence-corrected chi connectivity index (χ2v) is 7.80. The van der Waals surface area contributed by atoms with Gasteiger partial charge in [-0.15, -0.1) is 0 Å². The van der Waals surface area contributed by atoms with E-state index in [-0.39, 0.29) is 0 Å². The van der Waals surface area contributed by atoms with Crippen LogP contribution in [0.1, 0.15) is 37.3 Å². The smallest absolute Gasteiger partial charge is 0.193 e. The number of hydrogen-bond acceptors (Lipinski definition) is 3. The molecule has 0 aromatic heterocycles. The molecule has 1 saturated heterocycles. The average Bonchev–Trinajstić information content (AvgIpc) is 2.72. The molecule has 3 rings (SSSR count). The van der Waals surface area contributed by atoms with Crippen LogP contribution in [0.25, 0.3) is 0 Å². The zero-order valence-electron chi connectivity index (χ0n) is 17.1. The van der Waals surface area contributed by atoms with E-state index in [2.05, 4.69) is 53.4 Å². The van der Waals surface area contributed by atoms with Crippen molar-refractivity contribution in [2.75, 3.05) is 53.0 Å². The number of rotatable bonds is 7. The lowest BCUT2D eigenvalue weighted by Gasteiger charge is -2.29. The first-order valence-corrected chi connectivity index (χ1v) is 10.6. The van der Waals surface area contributed by atoms with E-state index in [1.165, 1.54) is 30.4 Å². The highest BCUT2D eigenvalue weighted by molar-refractivity contribution is 5.79. The first-order chi connectivity index (χ1) is 13.3. The number of guanidine groups is 1. The van der Waals surface area contributed by atoms with Gasteiger partial charge in [0.1, 0.15) is 0 Å². The molecule has 0 bridgehead atoms. The summed E-state index contributed by atoms with van der Waals surface area (Å²) in [7, 11) is 2.16. The molecule has 27 heavy (non-hydrogen) atoms. The van der Waals surface area contributed by atoms with Gasteiger partial charge < -0.3 is 15.0 Å². The van der Waals surface area contributed by atoms with Crippen LogP contribution in [0.5, 0.6) is 0 Å². The molecule has 0 atom stereocenters. The van der Waals surface area contributed by atoms with E-state index in [4.69, 9.17) is 9.73 Å². The Morgan fingerprint density at radius 1 is 1.26 bits per heavy atom. The minimum absolute atomic E-state index is 0.803. The van der Waals surface area contributed by atoms with Crippen LogP contribution in [0.3, 0.4) is 0 Å². The maximum absolute atomic E-state index is 5.47. The second-order valence-electron chi connectivity index (χ2n) is 7.80. The lowest BCUT2D eigenvalue weighted by molar-refractivity contribution is 0.0625. The molecular weight excluding hydrogens is 336 g/mol. The summed E-state index contributed by atoms with van der Waals surface area (Å²) in [5.74, 6) is 1.85. The summed E-state index contributed by atoms with van der Waals surface area (Å²) >= 11 is 0. The third-order valence-corrected chi connectivity index (χ3v) is 5.80. The monoisotopic (exact) mass is 372 g/mol. The fourth-order valence-electron chi connectivity index (χ4n) is 4.03. The van der Waals surface area contributed by atoms with Crippen LogP contribution < -0.4 is 5.32 Å². The van der Waals surface area contributed by atoms with Crippen molar-refractivity contribution in [3.05, 3.63) is 35.4 Å². The largest absolute Gasteiger partial charge is 0.381 e. The molecule has 1 aromatic rings. The van der Waals surface area contributed by atoms with Crippen LogP contribution in [0.15, 0.2) is 29.3 Å². The number of nitrogens with zero attached hydrogens (tertiary/aromatic N) is 3. The highest BCUT2D eigenvalue weighted by Crippen LogP contribution is 2.19. The molecule has 5 nitrogen and oxygen atoms in total. The van der Waals surface area contributed by atoms with Gasteiger partial charge in [0.05, 0.1) is 6.54 Å². The average molecular weight is 373 g/mol. The maximum Gasteiger partial charge on any atom is 0.193 e. The molecule has 1 N–H and O–H groups in total. The van der Waals surface area contributed by atoms with Crippen molar-refractivity contribution < 1.29 is 4.74 Å². The molecule has 2 aliphatic rings. The Kier molecular flexibility index (Phi) is 7.96. The zero-order chi connectivity index (χ0) is 18.9. The Hall–Kier alpha value is -1.59. The van der Waals surface area contributed by atoms with Gasteiger partial charge in [-0.3, -0.25) is 9.89 Å². The Morgan fingerprint density at radius 3 is 2.81 bits per heavy atom. The summed E-state index contributed by atoms with van der Waals surface area (Å²) in [6.07, 6.45) is 4.80. The molecule has 0 aliphatic carbocycles. The third-order valence-electron chi connectivity index (χ3n) is 5.80. The van der Waals surface area contributed by atoms with Gasteiger partial charge in [-0.1, -0.05) is 24.3 Å². The Morgan fingerprint density at radius 2 is 2.04 bits per heavy atom. The first kappa shape index (κ1) is 20.2. The van der Waals surface area contributed by atoms with Crippen LogP contribution in [0, 0.1) is 5.92 Å². The van der Waals surface area contributed by atoms with Crippen LogP contribution in [-0.2, 0) is 17.7 Å². The van der Waals surface area contributed by atoms with Crippen LogP contribution in [0.4, 0.5) is 0 Å². The van der Waals surface area contributed by atoms with Crippen molar-refractivity contribution in [2.24, 2.45) is 10.9 Å². The minimum Gasteiger partial charge on any atom is -0.381 e. The minimum atomic E-state index is 0.803. The summed E-state index contributed by atoms with van der Waals surface area (Å²) in [6, 6.07) is 8.83. The van der Waals surface area contributed by atoms with Gasteiger partial charge in [0.15, 0.2) is 5.96 Å². The van der Waals surface area contributed by atoms with E-state index in [0.29, 0.717) is 0 Å². The van der Waals surface area contributed by atoms with Crippen molar-refractivity contribution in [2.45, 2.75) is 39.2 Å². The molecule has 5 heteroatoms. The molecule has 0 radical (unpaired) electrons. The standard InChI is InChI=1S/C22H36N4O/c1-3-23-22(25(2)13-8-19-10-16-27-17-11-19)24-12-15-26-14-9-20-6-4-5-7-21(20)18-26/h4-7,19H,3,8-18H2,1-2H3,(H,23,24). The van der Waals surface area contributed by atoms with Crippen molar-refractivity contribution in [1.29, 1.82) is 0 Å². The molecule has 0 saturated carbocycles. The van der Waals surface area contributed by atoms with Crippen LogP contribution >= 0.6 is 0 Å². The van der Waals surface area contributed by atoms with E-state index >= 15 is 0 Å². The summed E-state index contributed by atoms with van der Waals surface area (Å²) in [5, 5.41) is 3.46. The van der Waals surface area contributed by atoms with Gasteiger partial charge in [-0.05, 0) is 49.7 Å².